The predicted octanol–water partition coefficient (Wildman–Crippen LogP) is 0.739. The fraction of sp³-hybridized carbons (Fsp3) is 0.500. The molecule has 0 bridgehead atoms. The molecule has 0 spiro atoms. The van der Waals surface area contributed by atoms with Gasteiger partial charge in [-0.25, -0.2) is 8.42 Å². The van der Waals surface area contributed by atoms with Crippen LogP contribution in [0.4, 0.5) is 0 Å². The minimum atomic E-state index is -3.28. The molecule has 1 aromatic rings. The van der Waals surface area contributed by atoms with E-state index in [4.69, 9.17) is 5.11 Å². The molecule has 1 rings (SSSR count). The van der Waals surface area contributed by atoms with Crippen molar-refractivity contribution < 1.29 is 13.5 Å². The molecule has 0 fully saturated rings. The Balaban J connectivity index is 2.84. The molecule has 1 unspecified atom stereocenters. The third-order valence-electron chi connectivity index (χ3n) is 2.69. The van der Waals surface area contributed by atoms with Crippen LogP contribution >= 0.6 is 0 Å². The highest BCUT2D eigenvalue weighted by atomic mass is 32.2. The second-order valence-corrected chi connectivity index (χ2v) is 6.13. The Kier molecular flexibility index (Phi) is 5.11. The average Bonchev–Trinajstić information content (AvgIpc) is 2.28. The Morgan fingerprint density at radius 2 is 1.88 bits per heavy atom. The van der Waals surface area contributed by atoms with Gasteiger partial charge < -0.3 is 10.4 Å². The van der Waals surface area contributed by atoms with E-state index in [1.165, 1.54) is 0 Å². The zero-order chi connectivity index (χ0) is 12.9. The lowest BCUT2D eigenvalue weighted by Gasteiger charge is -2.15. The van der Waals surface area contributed by atoms with Crippen LogP contribution in [-0.2, 0) is 9.84 Å². The highest BCUT2D eigenvalue weighted by Crippen LogP contribution is 2.13. The van der Waals surface area contributed by atoms with E-state index in [-0.39, 0.29) is 18.4 Å². The van der Waals surface area contributed by atoms with Crippen molar-refractivity contribution in [1.82, 2.24) is 5.32 Å². The molecule has 1 aromatic carbocycles. The second kappa shape index (κ2) is 6.14. The summed E-state index contributed by atoms with van der Waals surface area (Å²) in [6.45, 7) is 1.90. The van der Waals surface area contributed by atoms with Crippen molar-refractivity contribution >= 4 is 9.84 Å². The van der Waals surface area contributed by atoms with Gasteiger partial charge in [0.15, 0.2) is 9.84 Å². The smallest absolute Gasteiger partial charge is 0.179 e. The van der Waals surface area contributed by atoms with Crippen LogP contribution in [0.3, 0.4) is 0 Å². The van der Waals surface area contributed by atoms with Crippen LogP contribution in [0.2, 0.25) is 0 Å². The van der Waals surface area contributed by atoms with Crippen molar-refractivity contribution in [2.75, 3.05) is 19.4 Å². The first-order valence-corrected chi connectivity index (χ1v) is 7.22. The van der Waals surface area contributed by atoms with Gasteiger partial charge in [0.25, 0.3) is 0 Å². The largest absolute Gasteiger partial charge is 0.396 e. The summed E-state index contributed by atoms with van der Waals surface area (Å²) in [7, 11) is -1.58. The Labute approximate surface area is 103 Å². The molecule has 0 aliphatic rings. The maximum atomic E-state index is 12.1. The number of nitrogens with one attached hydrogen (secondary N) is 1. The Morgan fingerprint density at radius 1 is 1.29 bits per heavy atom. The molecule has 0 aromatic heterocycles. The first-order chi connectivity index (χ1) is 7.99. The fourth-order valence-electron chi connectivity index (χ4n) is 1.57. The molecule has 96 valence electrons. The summed E-state index contributed by atoms with van der Waals surface area (Å²) in [6.07, 6.45) is 0.432. The molecule has 1 atom stereocenters. The summed E-state index contributed by atoms with van der Waals surface area (Å²) in [5, 5.41) is 11.7. The van der Waals surface area contributed by atoms with E-state index in [1.54, 1.807) is 31.3 Å². The number of sulfone groups is 1. The van der Waals surface area contributed by atoms with Gasteiger partial charge in [0, 0.05) is 12.6 Å². The lowest BCUT2D eigenvalue weighted by Crippen LogP contribution is -2.33. The monoisotopic (exact) mass is 257 g/mol. The van der Waals surface area contributed by atoms with Crippen molar-refractivity contribution in [3.05, 3.63) is 29.8 Å². The molecule has 0 radical (unpaired) electrons. The SMILES string of the molecule is CNC(CCO)CS(=O)(=O)c1ccc(C)cc1. The van der Waals surface area contributed by atoms with Crippen LogP contribution in [0.25, 0.3) is 0 Å². The van der Waals surface area contributed by atoms with Crippen LogP contribution < -0.4 is 5.32 Å². The summed E-state index contributed by atoms with van der Waals surface area (Å²) in [5.41, 5.74) is 1.03. The van der Waals surface area contributed by atoms with E-state index >= 15 is 0 Å². The Hall–Kier alpha value is -0.910. The van der Waals surface area contributed by atoms with Crippen LogP contribution in [0.5, 0.6) is 0 Å². The van der Waals surface area contributed by atoms with Gasteiger partial charge in [-0.2, -0.15) is 0 Å². The molecule has 4 nitrogen and oxygen atoms in total. The fourth-order valence-corrected chi connectivity index (χ4v) is 3.18. The maximum Gasteiger partial charge on any atom is 0.179 e. The normalized spacial score (nSPS) is 13.6. The average molecular weight is 257 g/mol. The summed E-state index contributed by atoms with van der Waals surface area (Å²) in [4.78, 5) is 0.335. The van der Waals surface area contributed by atoms with Gasteiger partial charge in [-0.15, -0.1) is 0 Å². The highest BCUT2D eigenvalue weighted by Gasteiger charge is 2.19. The Bertz CT molecular complexity index is 439. The molecule has 0 amide bonds. The Morgan fingerprint density at radius 3 is 2.35 bits per heavy atom. The number of hydrogen-bond donors (Lipinski definition) is 2. The lowest BCUT2D eigenvalue weighted by atomic mass is 10.2. The topological polar surface area (TPSA) is 66.4 Å². The molecule has 5 heteroatoms. The van der Waals surface area contributed by atoms with Gasteiger partial charge in [-0.3, -0.25) is 0 Å². The van der Waals surface area contributed by atoms with E-state index in [2.05, 4.69) is 5.32 Å². The standard InChI is InChI=1S/C12H19NO3S/c1-10-3-5-12(6-4-10)17(15,16)9-11(13-2)7-8-14/h3-6,11,13-14H,7-9H2,1-2H3. The van der Waals surface area contributed by atoms with Crippen LogP contribution in [0, 0.1) is 6.92 Å². The van der Waals surface area contributed by atoms with E-state index in [9.17, 15) is 8.42 Å². The molecular weight excluding hydrogens is 238 g/mol. The molecule has 0 saturated heterocycles. The number of aliphatic hydroxyl groups is 1. The summed E-state index contributed by atoms with van der Waals surface area (Å²) in [6, 6.07) is 6.60. The number of aryl methyl sites for hydroxylation is 1. The first kappa shape index (κ1) is 14.2. The summed E-state index contributed by atoms with van der Waals surface area (Å²) in [5.74, 6) is 0.00706. The molecule has 0 heterocycles. The van der Waals surface area contributed by atoms with Gasteiger partial charge in [-0.1, -0.05) is 17.7 Å². The number of hydrogen-bond acceptors (Lipinski definition) is 4. The summed E-state index contributed by atoms with van der Waals surface area (Å²) >= 11 is 0. The van der Waals surface area contributed by atoms with Crippen LogP contribution in [-0.4, -0.2) is 39.0 Å². The van der Waals surface area contributed by atoms with Gasteiger partial charge in [0.05, 0.1) is 10.6 Å². The second-order valence-electron chi connectivity index (χ2n) is 4.09. The van der Waals surface area contributed by atoms with E-state index < -0.39 is 9.84 Å². The van der Waals surface area contributed by atoms with Gasteiger partial charge in [-0.05, 0) is 32.5 Å². The molecule has 0 saturated carbocycles. The zero-order valence-electron chi connectivity index (χ0n) is 10.2. The van der Waals surface area contributed by atoms with Gasteiger partial charge >= 0.3 is 0 Å². The van der Waals surface area contributed by atoms with Gasteiger partial charge in [0.1, 0.15) is 0 Å². The van der Waals surface area contributed by atoms with Crippen molar-refractivity contribution in [2.24, 2.45) is 0 Å². The van der Waals surface area contributed by atoms with Crippen LogP contribution in [0.1, 0.15) is 12.0 Å². The third-order valence-corrected chi connectivity index (χ3v) is 4.52. The van der Waals surface area contributed by atoms with E-state index in [0.717, 1.165) is 5.56 Å². The van der Waals surface area contributed by atoms with E-state index in [0.29, 0.717) is 11.3 Å². The predicted molar refractivity (Wildman–Crippen MR) is 67.8 cm³/mol. The minimum absolute atomic E-state index is 0.00706. The minimum Gasteiger partial charge on any atom is -0.396 e. The molecular formula is C12H19NO3S. The molecule has 2 N–H and O–H groups in total. The highest BCUT2D eigenvalue weighted by molar-refractivity contribution is 7.91. The maximum absolute atomic E-state index is 12.1. The van der Waals surface area contributed by atoms with Crippen LogP contribution in [0.15, 0.2) is 29.2 Å². The number of benzene rings is 1. The zero-order valence-corrected chi connectivity index (χ0v) is 11.0. The molecule has 0 aliphatic carbocycles. The quantitative estimate of drug-likeness (QED) is 0.789. The third kappa shape index (κ3) is 4.11. The lowest BCUT2D eigenvalue weighted by molar-refractivity contribution is 0.272. The number of rotatable bonds is 6. The summed E-state index contributed by atoms with van der Waals surface area (Å²) < 4.78 is 24.1. The first-order valence-electron chi connectivity index (χ1n) is 5.57. The van der Waals surface area contributed by atoms with Crippen molar-refractivity contribution in [3.63, 3.8) is 0 Å². The van der Waals surface area contributed by atoms with E-state index in [1.807, 2.05) is 6.92 Å². The van der Waals surface area contributed by atoms with Crippen molar-refractivity contribution in [3.8, 4) is 0 Å². The molecule has 17 heavy (non-hydrogen) atoms. The number of aliphatic hydroxyl groups excluding tert-OH is 1. The van der Waals surface area contributed by atoms with Crippen molar-refractivity contribution in [1.29, 1.82) is 0 Å². The van der Waals surface area contributed by atoms with Crippen molar-refractivity contribution in [2.45, 2.75) is 24.3 Å². The van der Waals surface area contributed by atoms with Gasteiger partial charge in [0.2, 0.25) is 0 Å². The molecule has 0 aliphatic heterocycles.